The van der Waals surface area contributed by atoms with E-state index in [-0.39, 0.29) is 18.4 Å². The van der Waals surface area contributed by atoms with Crippen molar-refractivity contribution in [3.8, 4) is 5.75 Å². The summed E-state index contributed by atoms with van der Waals surface area (Å²) in [4.78, 5) is 36.8. The first-order chi connectivity index (χ1) is 10.6. The lowest BCUT2D eigenvalue weighted by molar-refractivity contribution is -0.529. The number of para-hydroxylation sites is 2. The molecule has 1 atom stereocenters. The molecule has 7 heteroatoms. The van der Waals surface area contributed by atoms with Gasteiger partial charge in [-0.15, -0.1) is 0 Å². The van der Waals surface area contributed by atoms with Crippen LogP contribution >= 0.6 is 0 Å². The van der Waals surface area contributed by atoms with Gasteiger partial charge in [0.25, 0.3) is 0 Å². The van der Waals surface area contributed by atoms with Crippen LogP contribution in [0, 0.1) is 4.91 Å². The molecular weight excluding hydrogens is 286 g/mol. The number of likely N-dealkylation sites (tertiary alicyclic amines) is 1. The number of carbonyl (C=O) groups excluding carboxylic acids is 2. The van der Waals surface area contributed by atoms with Crippen molar-refractivity contribution in [1.82, 2.24) is 10.2 Å². The molecule has 116 valence electrons. The SMILES string of the molecule is O=C(CN1CCCC1=O)NCCC1Oc2ccccc2[N+]1=O. The highest BCUT2D eigenvalue weighted by molar-refractivity contribution is 5.85. The van der Waals surface area contributed by atoms with E-state index in [2.05, 4.69) is 5.32 Å². The van der Waals surface area contributed by atoms with Crippen molar-refractivity contribution in [2.24, 2.45) is 0 Å². The van der Waals surface area contributed by atoms with Crippen LogP contribution in [0.5, 0.6) is 5.75 Å². The van der Waals surface area contributed by atoms with Gasteiger partial charge in [0.05, 0.1) is 17.7 Å². The molecule has 0 aromatic heterocycles. The fraction of sp³-hybridized carbons (Fsp3) is 0.467. The summed E-state index contributed by atoms with van der Waals surface area (Å²) in [7, 11) is 0. The van der Waals surface area contributed by atoms with E-state index in [1.165, 1.54) is 0 Å². The first-order valence-electron chi connectivity index (χ1n) is 7.41. The van der Waals surface area contributed by atoms with Gasteiger partial charge in [-0.25, -0.2) is 0 Å². The zero-order valence-corrected chi connectivity index (χ0v) is 12.2. The highest BCUT2D eigenvalue weighted by Crippen LogP contribution is 2.35. The van der Waals surface area contributed by atoms with Crippen molar-refractivity contribution in [2.75, 3.05) is 19.6 Å². The van der Waals surface area contributed by atoms with E-state index < -0.39 is 6.23 Å². The molecule has 1 aromatic rings. The van der Waals surface area contributed by atoms with Crippen LogP contribution in [0.2, 0.25) is 0 Å². The van der Waals surface area contributed by atoms with Gasteiger partial charge >= 0.3 is 11.9 Å². The highest BCUT2D eigenvalue weighted by Gasteiger charge is 2.39. The predicted molar refractivity (Wildman–Crippen MR) is 77.6 cm³/mol. The molecule has 0 spiro atoms. The van der Waals surface area contributed by atoms with Gasteiger partial charge in [0, 0.05) is 30.5 Å². The molecule has 2 amide bonds. The zero-order valence-electron chi connectivity index (χ0n) is 12.2. The van der Waals surface area contributed by atoms with Crippen LogP contribution < -0.4 is 10.1 Å². The highest BCUT2D eigenvalue weighted by atomic mass is 16.5. The minimum atomic E-state index is -0.619. The minimum Gasteiger partial charge on any atom is -0.423 e. The Balaban J connectivity index is 1.43. The third kappa shape index (κ3) is 2.93. The number of nitrogens with zero attached hydrogens (tertiary/aromatic N) is 2. The average Bonchev–Trinajstić information content (AvgIpc) is 3.04. The Morgan fingerprint density at radius 2 is 2.23 bits per heavy atom. The molecule has 1 fully saturated rings. The lowest BCUT2D eigenvalue weighted by Gasteiger charge is -2.14. The van der Waals surface area contributed by atoms with E-state index in [9.17, 15) is 14.5 Å². The topological polar surface area (TPSA) is 78.7 Å². The molecule has 0 radical (unpaired) electrons. The van der Waals surface area contributed by atoms with Gasteiger partial charge in [0.2, 0.25) is 17.6 Å². The fourth-order valence-corrected chi connectivity index (χ4v) is 2.70. The van der Waals surface area contributed by atoms with Crippen LogP contribution in [0.25, 0.3) is 0 Å². The molecule has 0 aliphatic carbocycles. The number of hydrogen-bond acceptors (Lipinski definition) is 4. The second kappa shape index (κ2) is 6.13. The standard InChI is InChI=1S/C15H17N3O4/c19-13(10-17-9-3-6-14(17)20)16-8-7-15-18(21)11-4-1-2-5-12(11)22-15/h1-2,4-5,15H,3,6-10H2/p+1. The number of carbonyl (C=O) groups is 2. The van der Waals surface area contributed by atoms with Gasteiger partial charge < -0.3 is 15.0 Å². The number of nitroso groups, excluding NO2 is 1. The van der Waals surface area contributed by atoms with E-state index >= 15 is 0 Å². The summed E-state index contributed by atoms with van der Waals surface area (Å²) in [5.74, 6) is 0.384. The van der Waals surface area contributed by atoms with E-state index in [1.54, 1.807) is 23.1 Å². The molecule has 2 heterocycles. The largest absolute Gasteiger partial charge is 0.423 e. The number of ether oxygens (including phenoxy) is 1. The molecule has 0 bridgehead atoms. The monoisotopic (exact) mass is 304 g/mol. The number of rotatable bonds is 5. The van der Waals surface area contributed by atoms with Crippen molar-refractivity contribution in [2.45, 2.75) is 25.5 Å². The Bertz CT molecular complexity index is 617. The Morgan fingerprint density at radius 3 is 2.95 bits per heavy atom. The average molecular weight is 304 g/mol. The van der Waals surface area contributed by atoms with Gasteiger partial charge in [-0.3, -0.25) is 9.59 Å². The maximum atomic E-state index is 12.0. The minimum absolute atomic E-state index is 0.0236. The summed E-state index contributed by atoms with van der Waals surface area (Å²) in [6.45, 7) is 1.06. The molecule has 3 rings (SSSR count). The second-order valence-corrected chi connectivity index (χ2v) is 5.42. The van der Waals surface area contributed by atoms with Crippen LogP contribution in [-0.2, 0) is 9.59 Å². The smallest absolute Gasteiger partial charge is 0.352 e. The molecule has 2 aliphatic rings. The number of fused-ring (bicyclic) bond motifs is 1. The molecule has 1 aromatic carbocycles. The Kier molecular flexibility index (Phi) is 4.04. The van der Waals surface area contributed by atoms with E-state index in [0.717, 1.165) is 11.2 Å². The summed E-state index contributed by atoms with van der Waals surface area (Å²) in [5, 5.41) is 2.73. The summed E-state index contributed by atoms with van der Waals surface area (Å²) in [6.07, 6.45) is 1.10. The number of hydrogen-bond donors (Lipinski definition) is 1. The molecule has 7 nitrogen and oxygen atoms in total. The maximum absolute atomic E-state index is 12.0. The Morgan fingerprint density at radius 1 is 1.41 bits per heavy atom. The number of nitrogens with one attached hydrogen (secondary N) is 1. The van der Waals surface area contributed by atoms with Crippen LogP contribution in [0.4, 0.5) is 5.69 Å². The Labute approximate surface area is 127 Å². The van der Waals surface area contributed by atoms with Crippen LogP contribution in [0.1, 0.15) is 19.3 Å². The van der Waals surface area contributed by atoms with Crippen LogP contribution in [-0.4, -0.2) is 47.3 Å². The first-order valence-corrected chi connectivity index (χ1v) is 7.41. The molecule has 1 N–H and O–H groups in total. The van der Waals surface area contributed by atoms with E-state index in [1.807, 2.05) is 6.07 Å². The van der Waals surface area contributed by atoms with Crippen molar-refractivity contribution >= 4 is 17.5 Å². The third-order valence-electron chi connectivity index (χ3n) is 3.85. The third-order valence-corrected chi connectivity index (χ3v) is 3.85. The fourth-order valence-electron chi connectivity index (χ4n) is 2.70. The molecular formula is C15H18N3O4+. The van der Waals surface area contributed by atoms with Crippen molar-refractivity contribution < 1.29 is 19.1 Å². The summed E-state index contributed by atoms with van der Waals surface area (Å²) in [5.41, 5.74) is 0.515. The second-order valence-electron chi connectivity index (χ2n) is 5.42. The van der Waals surface area contributed by atoms with Crippen LogP contribution in [0.15, 0.2) is 24.3 Å². The van der Waals surface area contributed by atoms with Gasteiger partial charge in [-0.05, 0) is 12.5 Å². The summed E-state index contributed by atoms with van der Waals surface area (Å²) < 4.78 is 6.37. The molecule has 1 saturated heterocycles. The van der Waals surface area contributed by atoms with Gasteiger partial charge in [0.15, 0.2) is 0 Å². The molecule has 1 unspecified atom stereocenters. The maximum Gasteiger partial charge on any atom is 0.352 e. The molecule has 2 aliphatic heterocycles. The van der Waals surface area contributed by atoms with Gasteiger partial charge in [-0.1, -0.05) is 12.1 Å². The Hall–Kier alpha value is -2.44. The van der Waals surface area contributed by atoms with Gasteiger partial charge in [0.1, 0.15) is 0 Å². The normalized spacial score (nSPS) is 20.0. The lowest BCUT2D eigenvalue weighted by Crippen LogP contribution is -2.39. The van der Waals surface area contributed by atoms with Crippen molar-refractivity contribution in [3.63, 3.8) is 0 Å². The molecule has 22 heavy (non-hydrogen) atoms. The van der Waals surface area contributed by atoms with Crippen molar-refractivity contribution in [1.29, 1.82) is 0 Å². The number of benzene rings is 1. The predicted octanol–water partition coefficient (Wildman–Crippen LogP) is 0.944. The number of amides is 2. The summed E-state index contributed by atoms with van der Waals surface area (Å²) in [6, 6.07) is 7.05. The molecule has 0 saturated carbocycles. The zero-order chi connectivity index (χ0) is 15.5. The van der Waals surface area contributed by atoms with Crippen LogP contribution in [0.3, 0.4) is 0 Å². The van der Waals surface area contributed by atoms with Crippen molar-refractivity contribution in [3.05, 3.63) is 29.2 Å². The van der Waals surface area contributed by atoms with E-state index in [4.69, 9.17) is 4.74 Å². The van der Waals surface area contributed by atoms with E-state index in [0.29, 0.717) is 37.4 Å². The summed E-state index contributed by atoms with van der Waals surface area (Å²) >= 11 is 0. The van der Waals surface area contributed by atoms with Gasteiger partial charge in [-0.2, -0.15) is 0 Å². The first kappa shape index (κ1) is 14.5. The lowest BCUT2D eigenvalue weighted by atomic mass is 10.3. The quantitative estimate of drug-likeness (QED) is 0.821.